The van der Waals surface area contributed by atoms with Gasteiger partial charge in [-0.2, -0.15) is 10.2 Å². The molecule has 0 bridgehead atoms. The Morgan fingerprint density at radius 1 is 0.783 bits per heavy atom. The number of unbranched alkanes of at least 4 members (excludes halogenated alkanes) is 3. The predicted molar refractivity (Wildman–Crippen MR) is 92.8 cm³/mol. The molecule has 0 fully saturated rings. The fourth-order valence-corrected chi connectivity index (χ4v) is 2.09. The van der Waals surface area contributed by atoms with Crippen molar-refractivity contribution in [2.75, 3.05) is 13.2 Å². The zero-order valence-electron chi connectivity index (χ0n) is 13.6. The van der Waals surface area contributed by atoms with Crippen molar-refractivity contribution in [2.24, 2.45) is 10.2 Å². The van der Waals surface area contributed by atoms with E-state index in [1.807, 2.05) is 55.5 Å². The summed E-state index contributed by atoms with van der Waals surface area (Å²) >= 11 is 0. The number of aryl methyl sites for hydroxylation is 1. The van der Waals surface area contributed by atoms with Crippen LogP contribution in [0, 0.1) is 6.92 Å². The first-order valence-corrected chi connectivity index (χ1v) is 8.10. The number of aliphatic hydroxyl groups is 1. The van der Waals surface area contributed by atoms with E-state index in [0.717, 1.165) is 42.8 Å². The molecule has 0 heterocycles. The molecule has 1 N–H and O–H groups in total. The van der Waals surface area contributed by atoms with Crippen molar-refractivity contribution in [3.05, 3.63) is 54.1 Å². The van der Waals surface area contributed by atoms with Crippen molar-refractivity contribution in [1.82, 2.24) is 0 Å². The Balaban J connectivity index is 1.76. The molecule has 0 saturated heterocycles. The van der Waals surface area contributed by atoms with Gasteiger partial charge in [0.15, 0.2) is 0 Å². The third-order valence-corrected chi connectivity index (χ3v) is 3.47. The Kier molecular flexibility index (Phi) is 7.27. The van der Waals surface area contributed by atoms with E-state index < -0.39 is 0 Å². The van der Waals surface area contributed by atoms with Crippen molar-refractivity contribution < 1.29 is 9.84 Å². The van der Waals surface area contributed by atoms with E-state index in [1.54, 1.807) is 0 Å². The molecule has 23 heavy (non-hydrogen) atoms. The Bertz CT molecular complexity index is 592. The van der Waals surface area contributed by atoms with Crippen molar-refractivity contribution in [3.63, 3.8) is 0 Å². The number of nitrogens with zero attached hydrogens (tertiary/aromatic N) is 2. The van der Waals surface area contributed by atoms with Gasteiger partial charge in [-0.1, -0.05) is 24.1 Å². The van der Waals surface area contributed by atoms with Crippen LogP contribution in [0.4, 0.5) is 11.4 Å². The Labute approximate surface area is 137 Å². The minimum absolute atomic E-state index is 0.277. The number of benzene rings is 2. The third kappa shape index (κ3) is 6.61. The summed E-state index contributed by atoms with van der Waals surface area (Å²) in [4.78, 5) is 0. The quantitative estimate of drug-likeness (QED) is 0.502. The Morgan fingerprint density at radius 3 is 1.96 bits per heavy atom. The molecule has 122 valence electrons. The highest BCUT2D eigenvalue weighted by molar-refractivity contribution is 5.43. The van der Waals surface area contributed by atoms with Crippen LogP contribution in [0.1, 0.15) is 31.2 Å². The van der Waals surface area contributed by atoms with Crippen LogP contribution in [-0.4, -0.2) is 18.3 Å². The van der Waals surface area contributed by atoms with Gasteiger partial charge in [0.1, 0.15) is 5.75 Å². The molecule has 0 radical (unpaired) electrons. The van der Waals surface area contributed by atoms with Crippen LogP contribution in [0.5, 0.6) is 5.75 Å². The lowest BCUT2D eigenvalue weighted by atomic mass is 10.2. The standard InChI is InChI=1S/C19H24N2O2/c1-16-6-8-17(9-7-16)20-21-18-10-12-19(13-11-18)23-15-5-3-2-4-14-22/h6-13,22H,2-5,14-15H2,1H3/b21-20+. The van der Waals surface area contributed by atoms with Gasteiger partial charge in [-0.25, -0.2) is 0 Å². The zero-order valence-corrected chi connectivity index (χ0v) is 13.6. The minimum atomic E-state index is 0.277. The van der Waals surface area contributed by atoms with Crippen LogP contribution in [0.15, 0.2) is 58.8 Å². The predicted octanol–water partition coefficient (Wildman–Crippen LogP) is 5.34. The van der Waals surface area contributed by atoms with Gasteiger partial charge >= 0.3 is 0 Å². The smallest absolute Gasteiger partial charge is 0.119 e. The summed E-state index contributed by atoms with van der Waals surface area (Å²) < 4.78 is 5.68. The molecular formula is C19H24N2O2. The average molecular weight is 312 g/mol. The molecule has 0 aromatic heterocycles. The highest BCUT2D eigenvalue weighted by Crippen LogP contribution is 2.21. The maximum absolute atomic E-state index is 8.71. The van der Waals surface area contributed by atoms with Gasteiger partial charge < -0.3 is 9.84 Å². The molecule has 0 aliphatic heterocycles. The summed E-state index contributed by atoms with van der Waals surface area (Å²) in [5.41, 5.74) is 2.86. The highest BCUT2D eigenvalue weighted by Gasteiger charge is 1.96. The molecular weight excluding hydrogens is 288 g/mol. The van der Waals surface area contributed by atoms with Gasteiger partial charge in [0.05, 0.1) is 18.0 Å². The van der Waals surface area contributed by atoms with Crippen LogP contribution in [0.2, 0.25) is 0 Å². The Hall–Kier alpha value is -2.20. The van der Waals surface area contributed by atoms with Crippen molar-refractivity contribution in [3.8, 4) is 5.75 Å². The van der Waals surface area contributed by atoms with E-state index in [-0.39, 0.29) is 6.61 Å². The lowest BCUT2D eigenvalue weighted by Gasteiger charge is -2.05. The summed E-state index contributed by atoms with van der Waals surface area (Å²) in [6, 6.07) is 15.6. The molecule has 0 aliphatic rings. The minimum Gasteiger partial charge on any atom is -0.494 e. The summed E-state index contributed by atoms with van der Waals surface area (Å²) in [7, 11) is 0. The fourth-order valence-electron chi connectivity index (χ4n) is 2.09. The molecule has 4 heteroatoms. The molecule has 0 unspecified atom stereocenters. The van der Waals surface area contributed by atoms with Crippen molar-refractivity contribution >= 4 is 11.4 Å². The maximum atomic E-state index is 8.71. The first-order valence-electron chi connectivity index (χ1n) is 8.10. The lowest BCUT2D eigenvalue weighted by Crippen LogP contribution is -1.97. The van der Waals surface area contributed by atoms with Crippen LogP contribution in [0.3, 0.4) is 0 Å². The van der Waals surface area contributed by atoms with E-state index in [1.165, 1.54) is 5.56 Å². The second-order valence-electron chi connectivity index (χ2n) is 5.52. The largest absolute Gasteiger partial charge is 0.494 e. The third-order valence-electron chi connectivity index (χ3n) is 3.47. The number of aliphatic hydroxyl groups excluding tert-OH is 1. The zero-order chi connectivity index (χ0) is 16.3. The summed E-state index contributed by atoms with van der Waals surface area (Å²) in [6.45, 7) is 3.03. The summed E-state index contributed by atoms with van der Waals surface area (Å²) in [5, 5.41) is 17.1. The van der Waals surface area contributed by atoms with Gasteiger partial charge in [0, 0.05) is 6.61 Å². The average Bonchev–Trinajstić information content (AvgIpc) is 2.58. The van der Waals surface area contributed by atoms with E-state index >= 15 is 0 Å². The first-order chi connectivity index (χ1) is 11.3. The molecule has 0 spiro atoms. The van der Waals surface area contributed by atoms with E-state index in [4.69, 9.17) is 9.84 Å². The second-order valence-corrected chi connectivity index (χ2v) is 5.52. The fraction of sp³-hybridized carbons (Fsp3) is 0.368. The molecule has 2 aromatic rings. The van der Waals surface area contributed by atoms with Crippen LogP contribution in [0.25, 0.3) is 0 Å². The summed E-state index contributed by atoms with van der Waals surface area (Å²) in [5.74, 6) is 0.849. The van der Waals surface area contributed by atoms with Crippen molar-refractivity contribution in [2.45, 2.75) is 32.6 Å². The molecule has 2 rings (SSSR count). The molecule has 0 atom stereocenters. The van der Waals surface area contributed by atoms with E-state index in [2.05, 4.69) is 10.2 Å². The van der Waals surface area contributed by atoms with Gasteiger partial charge in [-0.15, -0.1) is 0 Å². The lowest BCUT2D eigenvalue weighted by molar-refractivity contribution is 0.273. The number of hydrogen-bond acceptors (Lipinski definition) is 4. The molecule has 2 aromatic carbocycles. The highest BCUT2D eigenvalue weighted by atomic mass is 16.5. The maximum Gasteiger partial charge on any atom is 0.119 e. The van der Waals surface area contributed by atoms with Gasteiger partial charge in [0.25, 0.3) is 0 Å². The number of ether oxygens (including phenoxy) is 1. The molecule has 0 amide bonds. The molecule has 0 aliphatic carbocycles. The van der Waals surface area contributed by atoms with Gasteiger partial charge in [0.2, 0.25) is 0 Å². The Morgan fingerprint density at radius 2 is 1.35 bits per heavy atom. The first kappa shape index (κ1) is 17.2. The topological polar surface area (TPSA) is 54.2 Å². The van der Waals surface area contributed by atoms with Crippen LogP contribution < -0.4 is 4.74 Å². The van der Waals surface area contributed by atoms with Gasteiger partial charge in [-0.05, 0) is 62.6 Å². The molecule has 0 saturated carbocycles. The molecule has 4 nitrogen and oxygen atoms in total. The monoisotopic (exact) mass is 312 g/mol. The second kappa shape index (κ2) is 9.74. The summed E-state index contributed by atoms with van der Waals surface area (Å²) in [6.07, 6.45) is 4.02. The number of hydrogen-bond donors (Lipinski definition) is 1. The SMILES string of the molecule is Cc1ccc(/N=N/c2ccc(OCCCCCCO)cc2)cc1. The van der Waals surface area contributed by atoms with Gasteiger partial charge in [-0.3, -0.25) is 0 Å². The van der Waals surface area contributed by atoms with Crippen molar-refractivity contribution in [1.29, 1.82) is 0 Å². The van der Waals surface area contributed by atoms with Crippen LogP contribution >= 0.6 is 0 Å². The van der Waals surface area contributed by atoms with E-state index in [0.29, 0.717) is 6.61 Å². The number of rotatable bonds is 9. The normalized spacial score (nSPS) is 11.0. The van der Waals surface area contributed by atoms with E-state index in [9.17, 15) is 0 Å². The van der Waals surface area contributed by atoms with Crippen LogP contribution in [-0.2, 0) is 0 Å². The number of azo groups is 1.